The highest BCUT2D eigenvalue weighted by atomic mass is 16.5. The van der Waals surface area contributed by atoms with E-state index in [1.807, 2.05) is 37.3 Å². The van der Waals surface area contributed by atoms with Gasteiger partial charge in [0.05, 0.1) is 19.8 Å². The summed E-state index contributed by atoms with van der Waals surface area (Å²) < 4.78 is 5.20. The fourth-order valence-corrected chi connectivity index (χ4v) is 2.48. The van der Waals surface area contributed by atoms with Gasteiger partial charge in [0.1, 0.15) is 5.75 Å². The van der Waals surface area contributed by atoms with E-state index in [2.05, 4.69) is 40.7 Å². The summed E-state index contributed by atoms with van der Waals surface area (Å²) in [4.78, 5) is 4.58. The van der Waals surface area contributed by atoms with Gasteiger partial charge in [-0.15, -0.1) is 0 Å². The van der Waals surface area contributed by atoms with Gasteiger partial charge in [-0.3, -0.25) is 0 Å². The largest absolute Gasteiger partial charge is 0.497 e. The Morgan fingerprint density at radius 1 is 1.16 bits per heavy atom. The average Bonchev–Trinajstić information content (AvgIpc) is 2.64. The van der Waals surface area contributed by atoms with Crippen molar-refractivity contribution in [2.45, 2.75) is 26.5 Å². The van der Waals surface area contributed by atoms with Crippen molar-refractivity contribution in [3.63, 3.8) is 0 Å². The quantitative estimate of drug-likeness (QED) is 0.535. The van der Waals surface area contributed by atoms with Crippen molar-refractivity contribution in [2.75, 3.05) is 20.2 Å². The molecule has 0 aliphatic heterocycles. The molecule has 5 heteroatoms. The number of hydrogen-bond donors (Lipinski definition) is 3. The Hall–Kier alpha value is -2.53. The first kappa shape index (κ1) is 18.8. The number of benzene rings is 2. The van der Waals surface area contributed by atoms with Crippen LogP contribution in [0, 0.1) is 6.92 Å². The molecule has 1 unspecified atom stereocenters. The minimum absolute atomic E-state index is 0.368. The number of aliphatic hydroxyl groups is 1. The minimum Gasteiger partial charge on any atom is -0.497 e. The Morgan fingerprint density at radius 3 is 2.68 bits per heavy atom. The van der Waals surface area contributed by atoms with E-state index >= 15 is 0 Å². The second kappa shape index (κ2) is 9.69. The standard InChI is InChI=1S/C20H27N3O2/c1-4-21-20(22-13-16-8-5-7-15(2)11-16)23-14-19(24)17-9-6-10-18(12-17)25-3/h5-12,19,24H,4,13-14H2,1-3H3,(H2,21,22,23). The second-order valence-corrected chi connectivity index (χ2v) is 5.86. The smallest absolute Gasteiger partial charge is 0.191 e. The first-order valence-corrected chi connectivity index (χ1v) is 8.52. The van der Waals surface area contributed by atoms with Gasteiger partial charge < -0.3 is 20.5 Å². The molecule has 2 rings (SSSR count). The number of ether oxygens (including phenoxy) is 1. The van der Waals surface area contributed by atoms with Gasteiger partial charge in [-0.05, 0) is 37.1 Å². The van der Waals surface area contributed by atoms with Crippen LogP contribution in [0.2, 0.25) is 0 Å². The molecule has 0 saturated heterocycles. The van der Waals surface area contributed by atoms with Crippen LogP contribution < -0.4 is 15.4 Å². The summed E-state index contributed by atoms with van der Waals surface area (Å²) in [5.74, 6) is 1.42. The van der Waals surface area contributed by atoms with Gasteiger partial charge in [0, 0.05) is 13.1 Å². The van der Waals surface area contributed by atoms with Crippen LogP contribution in [-0.2, 0) is 6.54 Å². The van der Waals surface area contributed by atoms with Crippen LogP contribution in [0.5, 0.6) is 5.75 Å². The summed E-state index contributed by atoms with van der Waals surface area (Å²) in [7, 11) is 1.62. The van der Waals surface area contributed by atoms with Gasteiger partial charge in [0.2, 0.25) is 0 Å². The van der Waals surface area contributed by atoms with E-state index in [0.29, 0.717) is 19.0 Å². The van der Waals surface area contributed by atoms with Gasteiger partial charge in [-0.1, -0.05) is 42.0 Å². The number of guanidine groups is 1. The maximum atomic E-state index is 10.4. The number of nitrogens with one attached hydrogen (secondary N) is 2. The molecule has 5 nitrogen and oxygen atoms in total. The van der Waals surface area contributed by atoms with Crippen LogP contribution in [0.1, 0.15) is 29.7 Å². The maximum Gasteiger partial charge on any atom is 0.191 e. The molecule has 2 aromatic carbocycles. The predicted octanol–water partition coefficient (Wildman–Crippen LogP) is 2.79. The molecule has 0 fully saturated rings. The lowest BCUT2D eigenvalue weighted by Crippen LogP contribution is -2.39. The first-order valence-electron chi connectivity index (χ1n) is 8.52. The van der Waals surface area contributed by atoms with E-state index in [9.17, 15) is 5.11 Å². The number of aliphatic imine (C=N–C) groups is 1. The molecule has 0 amide bonds. The van der Waals surface area contributed by atoms with Gasteiger partial charge in [-0.25, -0.2) is 4.99 Å². The summed E-state index contributed by atoms with van der Waals surface area (Å²) in [6, 6.07) is 15.7. The molecule has 0 aromatic heterocycles. The monoisotopic (exact) mass is 341 g/mol. The number of methoxy groups -OCH3 is 1. The molecule has 2 aromatic rings. The Kier molecular flexibility index (Phi) is 7.29. The van der Waals surface area contributed by atoms with Crippen molar-refractivity contribution >= 4 is 5.96 Å². The van der Waals surface area contributed by atoms with E-state index in [-0.39, 0.29) is 0 Å². The summed E-state index contributed by atoms with van der Waals surface area (Å²) >= 11 is 0. The topological polar surface area (TPSA) is 65.9 Å². The lowest BCUT2D eigenvalue weighted by molar-refractivity contribution is 0.180. The Morgan fingerprint density at radius 2 is 1.96 bits per heavy atom. The fraction of sp³-hybridized carbons (Fsp3) is 0.350. The van der Waals surface area contributed by atoms with Gasteiger partial charge in [-0.2, -0.15) is 0 Å². The zero-order chi connectivity index (χ0) is 18.1. The number of hydrogen-bond acceptors (Lipinski definition) is 3. The van der Waals surface area contributed by atoms with Crippen molar-refractivity contribution in [1.29, 1.82) is 0 Å². The van der Waals surface area contributed by atoms with Gasteiger partial charge >= 0.3 is 0 Å². The molecule has 1 atom stereocenters. The number of aryl methyl sites for hydroxylation is 1. The molecule has 0 heterocycles. The third-order valence-corrected chi connectivity index (χ3v) is 3.79. The van der Waals surface area contributed by atoms with Crippen molar-refractivity contribution in [3.05, 3.63) is 65.2 Å². The third kappa shape index (κ3) is 6.12. The molecule has 3 N–H and O–H groups in total. The second-order valence-electron chi connectivity index (χ2n) is 5.86. The van der Waals surface area contributed by atoms with Gasteiger partial charge in [0.25, 0.3) is 0 Å². The van der Waals surface area contributed by atoms with E-state index in [1.165, 1.54) is 5.56 Å². The normalized spacial score (nSPS) is 12.6. The maximum absolute atomic E-state index is 10.4. The van der Waals surface area contributed by atoms with Gasteiger partial charge in [0.15, 0.2) is 5.96 Å². The molecular formula is C20H27N3O2. The Bertz CT molecular complexity index is 701. The molecule has 0 aliphatic carbocycles. The van der Waals surface area contributed by atoms with E-state index in [1.54, 1.807) is 7.11 Å². The molecule has 0 radical (unpaired) electrons. The highest BCUT2D eigenvalue weighted by Gasteiger charge is 2.09. The minimum atomic E-state index is -0.641. The molecule has 134 valence electrons. The van der Waals surface area contributed by atoms with Crippen molar-refractivity contribution < 1.29 is 9.84 Å². The number of rotatable bonds is 7. The summed E-state index contributed by atoms with van der Waals surface area (Å²) in [5.41, 5.74) is 3.19. The predicted molar refractivity (Wildman–Crippen MR) is 102 cm³/mol. The molecule has 0 bridgehead atoms. The molecule has 0 spiro atoms. The van der Waals surface area contributed by atoms with E-state index < -0.39 is 6.10 Å². The van der Waals surface area contributed by atoms with Crippen LogP contribution in [0.15, 0.2) is 53.5 Å². The Balaban J connectivity index is 1.97. The molecule has 0 saturated carbocycles. The summed E-state index contributed by atoms with van der Waals surface area (Å²) in [6.07, 6.45) is -0.641. The van der Waals surface area contributed by atoms with Crippen LogP contribution in [-0.4, -0.2) is 31.3 Å². The number of aliphatic hydroxyl groups excluding tert-OH is 1. The molecular weight excluding hydrogens is 314 g/mol. The van der Waals surface area contributed by atoms with Crippen molar-refractivity contribution in [1.82, 2.24) is 10.6 Å². The summed E-state index contributed by atoms with van der Waals surface area (Å²) in [5, 5.41) is 16.8. The lowest BCUT2D eigenvalue weighted by Gasteiger charge is -2.16. The SMILES string of the molecule is CCNC(=NCc1cccc(C)c1)NCC(O)c1cccc(OC)c1. The molecule has 25 heavy (non-hydrogen) atoms. The van der Waals surface area contributed by atoms with E-state index in [4.69, 9.17) is 4.74 Å². The van der Waals surface area contributed by atoms with Crippen LogP contribution in [0.3, 0.4) is 0 Å². The van der Waals surface area contributed by atoms with E-state index in [0.717, 1.165) is 23.4 Å². The molecule has 0 aliphatic rings. The lowest BCUT2D eigenvalue weighted by atomic mass is 10.1. The average molecular weight is 341 g/mol. The van der Waals surface area contributed by atoms with Crippen molar-refractivity contribution in [2.24, 2.45) is 4.99 Å². The Labute approximate surface area is 149 Å². The van der Waals surface area contributed by atoms with Crippen LogP contribution in [0.25, 0.3) is 0 Å². The first-order chi connectivity index (χ1) is 12.1. The summed E-state index contributed by atoms with van der Waals surface area (Å²) in [6.45, 7) is 5.80. The zero-order valence-electron chi connectivity index (χ0n) is 15.1. The zero-order valence-corrected chi connectivity index (χ0v) is 15.1. The third-order valence-electron chi connectivity index (χ3n) is 3.79. The van der Waals surface area contributed by atoms with Crippen LogP contribution >= 0.6 is 0 Å². The van der Waals surface area contributed by atoms with Crippen LogP contribution in [0.4, 0.5) is 0 Å². The highest BCUT2D eigenvalue weighted by molar-refractivity contribution is 5.79. The number of nitrogens with zero attached hydrogens (tertiary/aromatic N) is 1. The fourth-order valence-electron chi connectivity index (χ4n) is 2.48. The van der Waals surface area contributed by atoms with Crippen molar-refractivity contribution in [3.8, 4) is 5.75 Å². The highest BCUT2D eigenvalue weighted by Crippen LogP contribution is 2.18.